The molecule has 2 N–H and O–H groups in total. The number of thiocarbonyl (C=S) groups is 1. The van der Waals surface area contributed by atoms with Gasteiger partial charge in [-0.2, -0.15) is 0 Å². The van der Waals surface area contributed by atoms with Crippen LogP contribution in [0.4, 0.5) is 5.69 Å². The molecule has 0 saturated carbocycles. The minimum atomic E-state index is -0.232. The zero-order valence-corrected chi connectivity index (χ0v) is 17.3. The van der Waals surface area contributed by atoms with Gasteiger partial charge in [0.15, 0.2) is 5.11 Å². The second kappa shape index (κ2) is 6.96. The molecule has 3 nitrogen and oxygen atoms in total. The highest BCUT2D eigenvalue weighted by Gasteiger charge is 2.34. The van der Waals surface area contributed by atoms with Crippen molar-refractivity contribution in [3.63, 3.8) is 0 Å². The van der Waals surface area contributed by atoms with Gasteiger partial charge in [0.05, 0.1) is 6.04 Å². The Hall–Kier alpha value is -1.59. The average Bonchev–Trinajstić information content (AvgIpc) is 2.51. The maximum Gasteiger partial charge on any atom is 0.171 e. The molecule has 1 atom stereocenters. The van der Waals surface area contributed by atoms with Crippen molar-refractivity contribution in [2.75, 3.05) is 5.32 Å². The third-order valence-corrected chi connectivity index (χ3v) is 5.45. The van der Waals surface area contributed by atoms with Crippen molar-refractivity contribution >= 4 is 38.9 Å². The van der Waals surface area contributed by atoms with Crippen LogP contribution in [0.1, 0.15) is 43.0 Å². The van der Waals surface area contributed by atoms with Crippen LogP contribution in [0.25, 0.3) is 0 Å². The minimum Gasteiger partial charge on any atom is -0.487 e. The van der Waals surface area contributed by atoms with E-state index in [4.69, 9.17) is 17.0 Å². The molecule has 2 aromatic carbocycles. The van der Waals surface area contributed by atoms with E-state index in [1.807, 2.05) is 12.1 Å². The molecule has 1 aliphatic heterocycles. The number of aryl methyl sites for hydroxylation is 2. The highest BCUT2D eigenvalue weighted by atomic mass is 79.9. The van der Waals surface area contributed by atoms with E-state index in [9.17, 15) is 0 Å². The summed E-state index contributed by atoms with van der Waals surface area (Å²) < 4.78 is 7.21. The molecule has 0 aliphatic carbocycles. The van der Waals surface area contributed by atoms with E-state index >= 15 is 0 Å². The SMILES string of the molecule is Cc1ccc2c(c1)C(NC(=S)Nc1ccc(Br)c(C)c1)CC(C)(C)O2. The molecule has 1 unspecified atom stereocenters. The maximum atomic E-state index is 6.12. The number of rotatable bonds is 2. The van der Waals surface area contributed by atoms with Crippen LogP contribution >= 0.6 is 28.1 Å². The molecule has 5 heteroatoms. The van der Waals surface area contributed by atoms with E-state index in [-0.39, 0.29) is 11.6 Å². The summed E-state index contributed by atoms with van der Waals surface area (Å²) >= 11 is 9.08. The first-order valence-corrected chi connectivity index (χ1v) is 9.57. The normalized spacial score (nSPS) is 18.0. The Morgan fingerprint density at radius 3 is 2.68 bits per heavy atom. The Morgan fingerprint density at radius 2 is 1.96 bits per heavy atom. The molecule has 0 aromatic heterocycles. The van der Waals surface area contributed by atoms with Crippen LogP contribution in [-0.2, 0) is 0 Å². The molecular weight excluding hydrogens is 396 g/mol. The molecule has 1 aliphatic rings. The van der Waals surface area contributed by atoms with Crippen LogP contribution < -0.4 is 15.4 Å². The van der Waals surface area contributed by atoms with E-state index in [1.165, 1.54) is 11.1 Å². The predicted octanol–water partition coefficient (Wildman–Crippen LogP) is 5.65. The van der Waals surface area contributed by atoms with E-state index < -0.39 is 0 Å². The second-order valence-electron chi connectivity index (χ2n) is 7.22. The number of halogens is 1. The lowest BCUT2D eigenvalue weighted by atomic mass is 9.89. The summed E-state index contributed by atoms with van der Waals surface area (Å²) in [4.78, 5) is 0. The van der Waals surface area contributed by atoms with Crippen molar-refractivity contribution in [2.24, 2.45) is 0 Å². The fourth-order valence-corrected chi connectivity index (χ4v) is 3.66. The Kier molecular flexibility index (Phi) is 5.07. The zero-order valence-electron chi connectivity index (χ0n) is 14.9. The van der Waals surface area contributed by atoms with Crippen molar-refractivity contribution < 1.29 is 4.74 Å². The van der Waals surface area contributed by atoms with Crippen LogP contribution in [0.2, 0.25) is 0 Å². The van der Waals surface area contributed by atoms with Gasteiger partial charge < -0.3 is 15.4 Å². The van der Waals surface area contributed by atoms with Crippen molar-refractivity contribution in [2.45, 2.75) is 45.8 Å². The second-order valence-corrected chi connectivity index (χ2v) is 8.48. The fraction of sp³-hybridized carbons (Fsp3) is 0.350. The molecule has 3 rings (SSSR count). The maximum absolute atomic E-state index is 6.12. The standard InChI is InChI=1S/C20H23BrN2OS/c1-12-5-8-18-15(9-12)17(11-20(3,4)24-18)23-19(25)22-14-6-7-16(21)13(2)10-14/h5-10,17H,11H2,1-4H3,(H2,22,23,25). The van der Waals surface area contributed by atoms with Gasteiger partial charge in [-0.25, -0.2) is 0 Å². The largest absolute Gasteiger partial charge is 0.487 e. The monoisotopic (exact) mass is 418 g/mol. The van der Waals surface area contributed by atoms with Crippen molar-refractivity contribution in [1.82, 2.24) is 5.32 Å². The lowest BCUT2D eigenvalue weighted by molar-refractivity contribution is 0.0696. The topological polar surface area (TPSA) is 33.3 Å². The van der Waals surface area contributed by atoms with Gasteiger partial charge in [-0.15, -0.1) is 0 Å². The number of benzene rings is 2. The summed E-state index contributed by atoms with van der Waals surface area (Å²) in [5.41, 5.74) is 4.30. The van der Waals surface area contributed by atoms with Crippen molar-refractivity contribution in [3.8, 4) is 5.75 Å². The minimum absolute atomic E-state index is 0.121. The van der Waals surface area contributed by atoms with Gasteiger partial charge in [0.25, 0.3) is 0 Å². The van der Waals surface area contributed by atoms with Crippen molar-refractivity contribution in [1.29, 1.82) is 0 Å². The van der Waals surface area contributed by atoms with Crippen LogP contribution in [0.3, 0.4) is 0 Å². The molecule has 0 fully saturated rings. The average molecular weight is 419 g/mol. The van der Waals surface area contributed by atoms with Gasteiger partial charge in [0, 0.05) is 22.1 Å². The quantitative estimate of drug-likeness (QED) is 0.616. The summed E-state index contributed by atoms with van der Waals surface area (Å²) in [6, 6.07) is 12.5. The summed E-state index contributed by atoms with van der Waals surface area (Å²) in [7, 11) is 0. The van der Waals surface area contributed by atoms with Gasteiger partial charge >= 0.3 is 0 Å². The van der Waals surface area contributed by atoms with E-state index in [0.717, 1.165) is 27.9 Å². The van der Waals surface area contributed by atoms with Gasteiger partial charge in [0.1, 0.15) is 11.4 Å². The fourth-order valence-electron chi connectivity index (χ4n) is 3.15. The lowest BCUT2D eigenvalue weighted by Crippen LogP contribution is -2.42. The van der Waals surface area contributed by atoms with Gasteiger partial charge in [-0.1, -0.05) is 33.6 Å². The van der Waals surface area contributed by atoms with E-state index in [0.29, 0.717) is 5.11 Å². The molecule has 0 radical (unpaired) electrons. The van der Waals surface area contributed by atoms with Gasteiger partial charge in [0.2, 0.25) is 0 Å². The highest BCUT2D eigenvalue weighted by Crippen LogP contribution is 2.39. The number of anilines is 1. The molecule has 0 bridgehead atoms. The molecule has 0 saturated heterocycles. The van der Waals surface area contributed by atoms with Crippen LogP contribution in [0.5, 0.6) is 5.75 Å². The highest BCUT2D eigenvalue weighted by molar-refractivity contribution is 9.10. The Bertz CT molecular complexity index is 819. The van der Waals surface area contributed by atoms with Crippen LogP contribution in [-0.4, -0.2) is 10.7 Å². The molecule has 0 amide bonds. The first-order valence-electron chi connectivity index (χ1n) is 8.37. The molecule has 2 aromatic rings. The summed E-state index contributed by atoms with van der Waals surface area (Å²) in [5.74, 6) is 0.932. The Labute approximate surface area is 163 Å². The number of hydrogen-bond acceptors (Lipinski definition) is 2. The molecular formula is C20H23BrN2OS. The summed E-state index contributed by atoms with van der Waals surface area (Å²) in [6.07, 6.45) is 0.852. The summed E-state index contributed by atoms with van der Waals surface area (Å²) in [5, 5.41) is 7.38. The van der Waals surface area contributed by atoms with E-state index in [2.05, 4.69) is 78.5 Å². The third-order valence-electron chi connectivity index (χ3n) is 4.34. The number of fused-ring (bicyclic) bond motifs is 1. The molecule has 25 heavy (non-hydrogen) atoms. The lowest BCUT2D eigenvalue weighted by Gasteiger charge is -2.38. The smallest absolute Gasteiger partial charge is 0.171 e. The molecule has 0 spiro atoms. The Morgan fingerprint density at radius 1 is 1.20 bits per heavy atom. The Balaban J connectivity index is 1.78. The summed E-state index contributed by atoms with van der Waals surface area (Å²) in [6.45, 7) is 8.38. The number of nitrogens with one attached hydrogen (secondary N) is 2. The number of ether oxygens (including phenoxy) is 1. The molecule has 132 valence electrons. The van der Waals surface area contributed by atoms with Crippen LogP contribution in [0, 0.1) is 13.8 Å². The third kappa shape index (κ3) is 4.33. The first kappa shape index (κ1) is 18.2. The van der Waals surface area contributed by atoms with Crippen LogP contribution in [0.15, 0.2) is 40.9 Å². The first-order chi connectivity index (χ1) is 11.7. The predicted molar refractivity (Wildman–Crippen MR) is 111 cm³/mol. The zero-order chi connectivity index (χ0) is 18.2. The van der Waals surface area contributed by atoms with Crippen molar-refractivity contribution in [3.05, 3.63) is 57.6 Å². The number of hydrogen-bond donors (Lipinski definition) is 2. The molecule has 1 heterocycles. The van der Waals surface area contributed by atoms with Gasteiger partial charge in [-0.05, 0) is 69.7 Å². The van der Waals surface area contributed by atoms with Gasteiger partial charge in [-0.3, -0.25) is 0 Å². The van der Waals surface area contributed by atoms with E-state index in [1.54, 1.807) is 0 Å².